The lowest BCUT2D eigenvalue weighted by Crippen LogP contribution is -2.35. The summed E-state index contributed by atoms with van der Waals surface area (Å²) in [6.07, 6.45) is 1.99. The average Bonchev–Trinajstić information content (AvgIpc) is 2.85. The second-order valence-corrected chi connectivity index (χ2v) is 5.57. The van der Waals surface area contributed by atoms with E-state index in [2.05, 4.69) is 13.8 Å². The third-order valence-corrected chi connectivity index (χ3v) is 3.80. The van der Waals surface area contributed by atoms with Crippen molar-refractivity contribution < 1.29 is 19.4 Å². The number of hydrogen-bond donors (Lipinski definition) is 1. The quantitative estimate of drug-likeness (QED) is 0.904. The van der Waals surface area contributed by atoms with Gasteiger partial charge in [-0.05, 0) is 37.0 Å². The van der Waals surface area contributed by atoms with Crippen molar-refractivity contribution in [3.05, 3.63) is 29.8 Å². The van der Waals surface area contributed by atoms with Crippen LogP contribution >= 0.6 is 0 Å². The van der Waals surface area contributed by atoms with E-state index in [1.165, 1.54) is 0 Å². The molecular formula is C16H21NO4. The van der Waals surface area contributed by atoms with Gasteiger partial charge in [0, 0.05) is 18.2 Å². The zero-order chi connectivity index (χ0) is 15.4. The first-order valence-corrected chi connectivity index (χ1v) is 7.27. The Bertz CT molecular complexity index is 529. The second kappa shape index (κ2) is 6.61. The highest BCUT2D eigenvalue weighted by Gasteiger charge is 2.32. The first-order valence-electron chi connectivity index (χ1n) is 7.27. The predicted molar refractivity (Wildman–Crippen MR) is 78.5 cm³/mol. The largest absolute Gasteiger partial charge is 0.482 e. The van der Waals surface area contributed by atoms with Crippen molar-refractivity contribution in [1.82, 2.24) is 4.90 Å². The van der Waals surface area contributed by atoms with E-state index in [1.807, 2.05) is 4.90 Å². The maximum Gasteiger partial charge on any atom is 0.341 e. The minimum Gasteiger partial charge on any atom is -0.482 e. The van der Waals surface area contributed by atoms with Crippen LogP contribution in [0.3, 0.4) is 0 Å². The van der Waals surface area contributed by atoms with Crippen molar-refractivity contribution in [1.29, 1.82) is 0 Å². The summed E-state index contributed by atoms with van der Waals surface area (Å²) < 4.78 is 5.12. The molecule has 1 aliphatic heterocycles. The lowest BCUT2D eigenvalue weighted by Gasteiger charge is -2.23. The molecule has 0 saturated carbocycles. The van der Waals surface area contributed by atoms with Crippen LogP contribution in [0.1, 0.15) is 37.0 Å². The second-order valence-electron chi connectivity index (χ2n) is 5.57. The number of likely N-dealkylation sites (tertiary alicyclic amines) is 1. The first-order chi connectivity index (χ1) is 10.0. The Hall–Kier alpha value is -2.04. The number of carbonyl (C=O) groups is 2. The van der Waals surface area contributed by atoms with Gasteiger partial charge in [0.2, 0.25) is 0 Å². The highest BCUT2D eigenvalue weighted by Crippen LogP contribution is 2.27. The molecule has 5 nitrogen and oxygen atoms in total. The predicted octanol–water partition coefficient (Wildman–Crippen LogP) is 2.41. The summed E-state index contributed by atoms with van der Waals surface area (Å²) in [6, 6.07) is 7.01. The monoisotopic (exact) mass is 291 g/mol. The number of carboxylic acids is 1. The number of amides is 1. The number of ether oxygens (including phenoxy) is 1. The molecule has 1 heterocycles. The lowest BCUT2D eigenvalue weighted by molar-refractivity contribution is -0.139. The maximum atomic E-state index is 12.6. The summed E-state index contributed by atoms with van der Waals surface area (Å²) in [7, 11) is 0. The molecule has 0 spiro atoms. The zero-order valence-corrected chi connectivity index (χ0v) is 12.4. The van der Waals surface area contributed by atoms with E-state index in [0.717, 1.165) is 19.4 Å². The van der Waals surface area contributed by atoms with Gasteiger partial charge in [-0.25, -0.2) is 4.79 Å². The van der Waals surface area contributed by atoms with Gasteiger partial charge in [0.25, 0.3) is 5.91 Å². The minimum atomic E-state index is -1.04. The Morgan fingerprint density at radius 3 is 2.86 bits per heavy atom. The van der Waals surface area contributed by atoms with Crippen LogP contribution in [0.25, 0.3) is 0 Å². The van der Waals surface area contributed by atoms with Gasteiger partial charge in [0.1, 0.15) is 5.75 Å². The zero-order valence-electron chi connectivity index (χ0n) is 12.4. The van der Waals surface area contributed by atoms with E-state index in [9.17, 15) is 9.59 Å². The van der Waals surface area contributed by atoms with Gasteiger partial charge >= 0.3 is 5.97 Å². The van der Waals surface area contributed by atoms with Crippen LogP contribution in [0.5, 0.6) is 5.75 Å². The molecule has 5 heteroatoms. The van der Waals surface area contributed by atoms with E-state index in [-0.39, 0.29) is 11.9 Å². The topological polar surface area (TPSA) is 66.8 Å². The molecule has 0 radical (unpaired) electrons. The number of carbonyl (C=O) groups excluding carboxylic acids is 1. The summed E-state index contributed by atoms with van der Waals surface area (Å²) in [4.78, 5) is 25.0. The summed E-state index contributed by atoms with van der Waals surface area (Å²) in [5.74, 6) is -0.119. The van der Waals surface area contributed by atoms with Crippen molar-refractivity contribution in [3.8, 4) is 5.75 Å². The Kier molecular flexibility index (Phi) is 4.83. The molecule has 2 atom stereocenters. The van der Waals surface area contributed by atoms with Crippen LogP contribution in [-0.2, 0) is 4.79 Å². The van der Waals surface area contributed by atoms with Crippen molar-refractivity contribution in [2.45, 2.75) is 32.7 Å². The van der Waals surface area contributed by atoms with Crippen molar-refractivity contribution in [2.24, 2.45) is 5.92 Å². The van der Waals surface area contributed by atoms with Crippen molar-refractivity contribution in [2.75, 3.05) is 13.2 Å². The molecule has 1 saturated heterocycles. The number of nitrogens with zero attached hydrogens (tertiary/aromatic N) is 1. The van der Waals surface area contributed by atoms with Gasteiger partial charge in [-0.3, -0.25) is 4.79 Å². The fraction of sp³-hybridized carbons (Fsp3) is 0.500. The van der Waals surface area contributed by atoms with Crippen LogP contribution < -0.4 is 4.74 Å². The first kappa shape index (κ1) is 15.4. The standard InChI is InChI=1S/C16H21NO4/c1-3-13-7-11(2)9-17(13)16(20)12-5-4-6-14(8-12)21-10-15(18)19/h4-6,8,11,13H,3,7,9-10H2,1-2H3,(H,18,19). The van der Waals surface area contributed by atoms with Crippen LogP contribution in [-0.4, -0.2) is 41.1 Å². The molecule has 21 heavy (non-hydrogen) atoms. The van der Waals surface area contributed by atoms with Gasteiger partial charge < -0.3 is 14.7 Å². The fourth-order valence-electron chi connectivity index (χ4n) is 2.82. The van der Waals surface area contributed by atoms with Gasteiger partial charge in [-0.15, -0.1) is 0 Å². The smallest absolute Gasteiger partial charge is 0.341 e. The summed E-state index contributed by atoms with van der Waals surface area (Å²) in [5, 5.41) is 8.62. The number of aliphatic carboxylic acids is 1. The Morgan fingerprint density at radius 2 is 2.19 bits per heavy atom. The van der Waals surface area contributed by atoms with E-state index >= 15 is 0 Å². The van der Waals surface area contributed by atoms with Gasteiger partial charge in [-0.2, -0.15) is 0 Å². The van der Waals surface area contributed by atoms with Crippen LogP contribution in [0.2, 0.25) is 0 Å². The normalized spacial score (nSPS) is 21.3. The molecular weight excluding hydrogens is 270 g/mol. The van der Waals surface area contributed by atoms with E-state index in [0.29, 0.717) is 17.2 Å². The molecule has 1 amide bonds. The van der Waals surface area contributed by atoms with Crippen molar-refractivity contribution >= 4 is 11.9 Å². The SMILES string of the molecule is CCC1CC(C)CN1C(=O)c1cccc(OCC(=O)O)c1. The average molecular weight is 291 g/mol. The third kappa shape index (κ3) is 3.74. The van der Waals surface area contributed by atoms with Gasteiger partial charge in [0.15, 0.2) is 6.61 Å². The summed E-state index contributed by atoms with van der Waals surface area (Å²) >= 11 is 0. The number of rotatable bonds is 5. The highest BCUT2D eigenvalue weighted by molar-refractivity contribution is 5.95. The summed E-state index contributed by atoms with van der Waals surface area (Å²) in [6.45, 7) is 4.62. The summed E-state index contributed by atoms with van der Waals surface area (Å²) in [5.41, 5.74) is 0.547. The molecule has 0 aromatic heterocycles. The number of benzene rings is 1. The minimum absolute atomic E-state index is 0.00743. The molecule has 0 bridgehead atoms. The highest BCUT2D eigenvalue weighted by atomic mass is 16.5. The Morgan fingerprint density at radius 1 is 1.43 bits per heavy atom. The Balaban J connectivity index is 2.12. The van der Waals surface area contributed by atoms with E-state index < -0.39 is 12.6 Å². The molecule has 2 rings (SSSR count). The molecule has 1 aromatic carbocycles. The molecule has 0 aliphatic carbocycles. The van der Waals surface area contributed by atoms with Gasteiger partial charge in [-0.1, -0.05) is 19.9 Å². The number of carboxylic acid groups (broad SMARTS) is 1. The van der Waals surface area contributed by atoms with Crippen LogP contribution in [0.15, 0.2) is 24.3 Å². The number of hydrogen-bond acceptors (Lipinski definition) is 3. The fourth-order valence-corrected chi connectivity index (χ4v) is 2.82. The molecule has 1 aliphatic rings. The third-order valence-electron chi connectivity index (χ3n) is 3.80. The lowest BCUT2D eigenvalue weighted by atomic mass is 10.1. The Labute approximate surface area is 124 Å². The molecule has 2 unspecified atom stereocenters. The molecule has 114 valence electrons. The molecule has 1 aromatic rings. The van der Waals surface area contributed by atoms with E-state index in [4.69, 9.17) is 9.84 Å². The van der Waals surface area contributed by atoms with Crippen molar-refractivity contribution in [3.63, 3.8) is 0 Å². The van der Waals surface area contributed by atoms with E-state index in [1.54, 1.807) is 24.3 Å². The molecule has 1 N–H and O–H groups in total. The maximum absolute atomic E-state index is 12.6. The molecule has 1 fully saturated rings. The van der Waals surface area contributed by atoms with Gasteiger partial charge in [0.05, 0.1) is 0 Å². The van der Waals surface area contributed by atoms with Crippen LogP contribution in [0.4, 0.5) is 0 Å². The van der Waals surface area contributed by atoms with Crippen LogP contribution in [0, 0.1) is 5.92 Å².